The molecule has 10 aromatic carbocycles. The molecule has 1 heterocycles. The molecular formula is C59H37NO2. The third kappa shape index (κ3) is 4.88. The third-order valence-electron chi connectivity index (χ3n) is 13.1. The molecule has 0 N–H and O–H groups in total. The first-order chi connectivity index (χ1) is 30.8. The maximum atomic E-state index is 7.39. The molecule has 3 aliphatic rings. The highest BCUT2D eigenvalue weighted by atomic mass is 16.6. The second-order valence-electron chi connectivity index (χ2n) is 16.3. The summed E-state index contributed by atoms with van der Waals surface area (Å²) in [4.78, 5) is 2.40. The molecule has 0 amide bonds. The molecule has 13 rings (SSSR count). The lowest BCUT2D eigenvalue weighted by Crippen LogP contribution is -2.25. The summed E-state index contributed by atoms with van der Waals surface area (Å²) >= 11 is 0. The Morgan fingerprint density at radius 2 is 0.903 bits per heavy atom. The van der Waals surface area contributed by atoms with E-state index in [1.807, 2.05) is 6.07 Å². The van der Waals surface area contributed by atoms with Gasteiger partial charge in [-0.3, -0.25) is 0 Å². The molecule has 0 saturated carbocycles. The number of fused-ring (bicyclic) bond motifs is 14. The summed E-state index contributed by atoms with van der Waals surface area (Å²) in [5.74, 6) is 2.84. The van der Waals surface area contributed by atoms with Crippen LogP contribution in [0, 0.1) is 0 Å². The normalized spacial score (nSPS) is 13.2. The van der Waals surface area contributed by atoms with Gasteiger partial charge in [-0.1, -0.05) is 188 Å². The number of rotatable bonds is 5. The maximum Gasteiger partial charge on any atom is 0.178 e. The number of para-hydroxylation sites is 2. The summed E-state index contributed by atoms with van der Waals surface area (Å²) in [6.07, 6.45) is 0. The van der Waals surface area contributed by atoms with Gasteiger partial charge in [0.05, 0.1) is 16.8 Å². The van der Waals surface area contributed by atoms with Gasteiger partial charge in [-0.15, -0.1) is 0 Å². The van der Waals surface area contributed by atoms with Crippen molar-refractivity contribution in [2.45, 2.75) is 5.41 Å². The van der Waals surface area contributed by atoms with Crippen molar-refractivity contribution in [2.24, 2.45) is 0 Å². The zero-order valence-corrected chi connectivity index (χ0v) is 33.6. The Kier molecular flexibility index (Phi) is 7.52. The van der Waals surface area contributed by atoms with Gasteiger partial charge in [0.1, 0.15) is 0 Å². The van der Waals surface area contributed by atoms with Crippen molar-refractivity contribution in [3.8, 4) is 67.5 Å². The van der Waals surface area contributed by atoms with Gasteiger partial charge < -0.3 is 14.4 Å². The molecule has 10 aromatic rings. The van der Waals surface area contributed by atoms with Gasteiger partial charge in [0.2, 0.25) is 0 Å². The Morgan fingerprint density at radius 3 is 1.71 bits per heavy atom. The summed E-state index contributed by atoms with van der Waals surface area (Å²) in [5, 5.41) is 2.34. The Labute approximate surface area is 360 Å². The zero-order chi connectivity index (χ0) is 40.8. The number of hydrogen-bond donors (Lipinski definition) is 0. The molecule has 1 spiro atoms. The molecule has 0 saturated heterocycles. The Balaban J connectivity index is 1.01. The molecule has 0 fully saturated rings. The molecule has 62 heavy (non-hydrogen) atoms. The summed E-state index contributed by atoms with van der Waals surface area (Å²) in [7, 11) is 0. The van der Waals surface area contributed by atoms with Crippen molar-refractivity contribution < 1.29 is 9.47 Å². The summed E-state index contributed by atoms with van der Waals surface area (Å²) in [6, 6.07) is 80.5. The van der Waals surface area contributed by atoms with Crippen LogP contribution in [0.5, 0.6) is 23.0 Å². The Hall–Kier alpha value is -8.14. The van der Waals surface area contributed by atoms with E-state index in [1.54, 1.807) is 0 Å². The number of benzene rings is 10. The van der Waals surface area contributed by atoms with E-state index < -0.39 is 5.41 Å². The Bertz CT molecular complexity index is 3390. The van der Waals surface area contributed by atoms with Gasteiger partial charge in [0.15, 0.2) is 23.0 Å². The van der Waals surface area contributed by atoms with Crippen molar-refractivity contribution in [1.82, 2.24) is 0 Å². The number of hydrogen-bond acceptors (Lipinski definition) is 3. The van der Waals surface area contributed by atoms with Crippen molar-refractivity contribution in [3.05, 3.63) is 247 Å². The number of ether oxygens (including phenoxy) is 2. The molecule has 0 bridgehead atoms. The Morgan fingerprint density at radius 1 is 0.339 bits per heavy atom. The van der Waals surface area contributed by atoms with Gasteiger partial charge in [-0.05, 0) is 91.9 Å². The van der Waals surface area contributed by atoms with Crippen LogP contribution in [0.2, 0.25) is 0 Å². The van der Waals surface area contributed by atoms with Crippen LogP contribution in [0.25, 0.3) is 55.3 Å². The topological polar surface area (TPSA) is 21.7 Å². The van der Waals surface area contributed by atoms with Crippen LogP contribution >= 0.6 is 0 Å². The zero-order valence-electron chi connectivity index (χ0n) is 33.6. The van der Waals surface area contributed by atoms with Crippen LogP contribution in [0.3, 0.4) is 0 Å². The number of nitrogens with zero attached hydrogens (tertiary/aromatic N) is 1. The number of anilines is 3. The van der Waals surface area contributed by atoms with Gasteiger partial charge in [0.25, 0.3) is 0 Å². The lowest BCUT2D eigenvalue weighted by Gasteiger charge is -2.32. The molecule has 0 aromatic heterocycles. The van der Waals surface area contributed by atoms with Crippen molar-refractivity contribution in [3.63, 3.8) is 0 Å². The molecule has 0 unspecified atom stereocenters. The van der Waals surface area contributed by atoms with Crippen molar-refractivity contribution >= 4 is 27.8 Å². The van der Waals surface area contributed by atoms with E-state index in [1.165, 1.54) is 44.3 Å². The monoisotopic (exact) mass is 791 g/mol. The smallest absolute Gasteiger partial charge is 0.178 e. The van der Waals surface area contributed by atoms with Gasteiger partial charge in [-0.25, -0.2) is 0 Å². The lowest BCUT2D eigenvalue weighted by atomic mass is 9.70. The van der Waals surface area contributed by atoms with E-state index in [-0.39, 0.29) is 0 Å². The maximum absolute atomic E-state index is 7.39. The van der Waals surface area contributed by atoms with Crippen LogP contribution in [0.15, 0.2) is 224 Å². The first-order valence-corrected chi connectivity index (χ1v) is 21.3. The fourth-order valence-corrected chi connectivity index (χ4v) is 10.6. The summed E-state index contributed by atoms with van der Waals surface area (Å²) in [6.45, 7) is 0. The summed E-state index contributed by atoms with van der Waals surface area (Å²) in [5.41, 5.74) is 16.8. The van der Waals surface area contributed by atoms with E-state index in [2.05, 4.69) is 223 Å². The summed E-state index contributed by atoms with van der Waals surface area (Å²) < 4.78 is 14.3. The van der Waals surface area contributed by atoms with Gasteiger partial charge in [-0.2, -0.15) is 0 Å². The van der Waals surface area contributed by atoms with E-state index >= 15 is 0 Å². The highest BCUT2D eigenvalue weighted by Gasteiger charge is 2.53. The average molecular weight is 792 g/mol. The fraction of sp³-hybridized carbons (Fsp3) is 0.0169. The van der Waals surface area contributed by atoms with Crippen LogP contribution in [-0.4, -0.2) is 0 Å². The minimum atomic E-state index is -0.489. The van der Waals surface area contributed by atoms with E-state index in [9.17, 15) is 0 Å². The molecule has 3 heteroatoms. The molecule has 3 nitrogen and oxygen atoms in total. The first kappa shape index (κ1) is 34.7. The lowest BCUT2D eigenvalue weighted by molar-refractivity contribution is 0.361. The third-order valence-corrected chi connectivity index (χ3v) is 13.1. The van der Waals surface area contributed by atoms with Crippen molar-refractivity contribution in [1.29, 1.82) is 0 Å². The van der Waals surface area contributed by atoms with Gasteiger partial charge in [0, 0.05) is 27.8 Å². The van der Waals surface area contributed by atoms with E-state index in [0.717, 1.165) is 56.0 Å². The van der Waals surface area contributed by atoms with Crippen LogP contribution < -0.4 is 14.4 Å². The average Bonchev–Trinajstić information content (AvgIpc) is 3.82. The van der Waals surface area contributed by atoms with E-state index in [0.29, 0.717) is 17.2 Å². The first-order valence-electron chi connectivity index (χ1n) is 21.3. The van der Waals surface area contributed by atoms with Crippen LogP contribution in [0.1, 0.15) is 22.3 Å². The standard InChI is InChI=1S/C59H37NO2/c1-2-17-38(18-3-1)40-21-14-22-41(37-40)60(52-33-15-20-39-19-4-5-23-42(39)52)53-32-13-9-26-45(53)46-28-16-34-54-57(46)62-58-55(61-54)36-35-51-56(58)47-27-8-12-31-50(47)59(51)48-29-10-6-24-43(48)44-25-7-11-30-49(44)59/h1-37H. The molecule has 0 radical (unpaired) electrons. The predicted molar refractivity (Wildman–Crippen MR) is 252 cm³/mol. The molecule has 0 atom stereocenters. The largest absolute Gasteiger partial charge is 0.449 e. The highest BCUT2D eigenvalue weighted by Crippen LogP contribution is 2.66. The molecule has 2 aliphatic carbocycles. The molecule has 1 aliphatic heterocycles. The minimum Gasteiger partial charge on any atom is -0.449 e. The second kappa shape index (κ2) is 13.4. The molecule has 290 valence electrons. The van der Waals surface area contributed by atoms with Crippen LogP contribution in [0.4, 0.5) is 17.1 Å². The van der Waals surface area contributed by atoms with Crippen molar-refractivity contribution in [2.75, 3.05) is 4.90 Å². The fourth-order valence-electron chi connectivity index (χ4n) is 10.6. The van der Waals surface area contributed by atoms with Crippen LogP contribution in [-0.2, 0) is 5.41 Å². The van der Waals surface area contributed by atoms with Gasteiger partial charge >= 0.3 is 0 Å². The quantitative estimate of drug-likeness (QED) is 0.173. The van der Waals surface area contributed by atoms with E-state index in [4.69, 9.17) is 9.47 Å². The predicted octanol–water partition coefficient (Wildman–Crippen LogP) is 15.9. The second-order valence-corrected chi connectivity index (χ2v) is 16.3. The molecular weight excluding hydrogens is 755 g/mol. The minimum absolute atomic E-state index is 0.489. The highest BCUT2D eigenvalue weighted by molar-refractivity contribution is 6.03. The SMILES string of the molecule is c1ccc(-c2cccc(N(c3ccccc3-c3cccc4c3Oc3c(ccc5c3-c3ccccc3C53c5ccccc5-c5ccccc53)O4)c3cccc4ccccc34)c2)cc1.